The average molecular weight is 639 g/mol. The van der Waals surface area contributed by atoms with Crippen LogP contribution in [0.1, 0.15) is 55.0 Å². The first-order valence-corrected chi connectivity index (χ1v) is 18.3. The standard InChI is InChI=1S/C38H48N3O4Si/c1-38(2,3)34(32-18-21-37(35(24-32)40-28-42)44-27-30-12-8-6-9-13-30)26-41(45-46(4)5)23-22-29-16-19-33(20-17-29)39-25-36(43)31-14-10-7-11-15-31/h6-21,24,28,34,36,39,43H,22-23,25-27H2,1-5H3,(H,40,42)/t34-,36-/m0/s1. The van der Waals surface area contributed by atoms with Crippen molar-refractivity contribution >= 4 is 26.8 Å². The molecule has 0 bridgehead atoms. The summed E-state index contributed by atoms with van der Waals surface area (Å²) in [6.45, 7) is 13.4. The summed E-state index contributed by atoms with van der Waals surface area (Å²) in [6, 6.07) is 34.2. The van der Waals surface area contributed by atoms with Crippen molar-refractivity contribution in [3.05, 3.63) is 125 Å². The van der Waals surface area contributed by atoms with E-state index in [0.29, 0.717) is 37.5 Å². The number of rotatable bonds is 17. The number of nitrogens with zero attached hydrogens (tertiary/aromatic N) is 1. The Morgan fingerprint density at radius 1 is 0.870 bits per heavy atom. The number of hydroxylamine groups is 2. The molecule has 8 heteroatoms. The van der Waals surface area contributed by atoms with Crippen molar-refractivity contribution in [1.29, 1.82) is 0 Å². The molecule has 243 valence electrons. The zero-order valence-electron chi connectivity index (χ0n) is 27.7. The van der Waals surface area contributed by atoms with Crippen LogP contribution in [0.4, 0.5) is 11.4 Å². The highest BCUT2D eigenvalue weighted by Gasteiger charge is 2.30. The van der Waals surface area contributed by atoms with Gasteiger partial charge in [0.1, 0.15) is 12.4 Å². The van der Waals surface area contributed by atoms with Gasteiger partial charge in [-0.05, 0) is 71.4 Å². The molecule has 2 atom stereocenters. The molecule has 0 fully saturated rings. The van der Waals surface area contributed by atoms with E-state index in [4.69, 9.17) is 9.26 Å². The van der Waals surface area contributed by atoms with Gasteiger partial charge in [-0.2, -0.15) is 0 Å². The minimum absolute atomic E-state index is 0.0709. The number of carbonyl (C=O) groups is 1. The Morgan fingerprint density at radius 3 is 2.17 bits per heavy atom. The molecular formula is C38H48N3O4Si. The minimum atomic E-state index is -0.996. The predicted octanol–water partition coefficient (Wildman–Crippen LogP) is 7.84. The number of benzene rings is 4. The molecule has 1 radical (unpaired) electrons. The maximum Gasteiger partial charge on any atom is 0.235 e. The van der Waals surface area contributed by atoms with E-state index >= 15 is 0 Å². The molecule has 0 aliphatic heterocycles. The maximum absolute atomic E-state index is 11.5. The number of nitrogens with one attached hydrogen (secondary N) is 2. The fourth-order valence-corrected chi connectivity index (χ4v) is 6.05. The van der Waals surface area contributed by atoms with Crippen molar-refractivity contribution in [2.24, 2.45) is 5.41 Å². The quantitative estimate of drug-likeness (QED) is 0.0621. The first-order valence-electron chi connectivity index (χ1n) is 15.9. The number of hydrogen-bond donors (Lipinski definition) is 3. The fraction of sp³-hybridized carbons (Fsp3) is 0.342. The van der Waals surface area contributed by atoms with Gasteiger partial charge in [-0.25, -0.2) is 5.06 Å². The van der Waals surface area contributed by atoms with Crippen LogP contribution >= 0.6 is 0 Å². The maximum atomic E-state index is 11.5. The van der Waals surface area contributed by atoms with Crippen molar-refractivity contribution in [2.75, 3.05) is 30.3 Å². The SMILES string of the molecule is C[Si](C)ON(CCc1ccc(NC[C@H](O)c2ccccc2)cc1)C[C@@H](c1ccc(OCc2ccccc2)c(NC=O)c1)C(C)(C)C. The summed E-state index contributed by atoms with van der Waals surface area (Å²) in [4.78, 5) is 11.5. The van der Waals surface area contributed by atoms with E-state index in [1.165, 1.54) is 5.56 Å². The molecule has 4 aromatic rings. The van der Waals surface area contributed by atoms with Crippen LogP contribution in [-0.4, -0.2) is 45.3 Å². The second-order valence-electron chi connectivity index (χ2n) is 12.9. The van der Waals surface area contributed by atoms with Gasteiger partial charge in [0, 0.05) is 31.2 Å². The van der Waals surface area contributed by atoms with Crippen molar-refractivity contribution < 1.29 is 19.2 Å². The van der Waals surface area contributed by atoms with Crippen LogP contribution < -0.4 is 15.4 Å². The highest BCUT2D eigenvalue weighted by atomic mass is 28.3. The Kier molecular flexibility index (Phi) is 13.0. The molecule has 0 aliphatic rings. The first kappa shape index (κ1) is 34.9. The van der Waals surface area contributed by atoms with Gasteiger partial charge in [-0.1, -0.05) is 99.6 Å². The van der Waals surface area contributed by atoms with Gasteiger partial charge in [0.2, 0.25) is 15.5 Å². The van der Waals surface area contributed by atoms with Gasteiger partial charge < -0.3 is 25.0 Å². The van der Waals surface area contributed by atoms with Gasteiger partial charge in [-0.15, -0.1) is 0 Å². The van der Waals surface area contributed by atoms with Crippen LogP contribution in [0.2, 0.25) is 13.1 Å². The van der Waals surface area contributed by atoms with E-state index in [9.17, 15) is 9.90 Å². The molecule has 0 spiro atoms. The Balaban J connectivity index is 1.42. The van der Waals surface area contributed by atoms with E-state index in [2.05, 4.69) is 79.9 Å². The van der Waals surface area contributed by atoms with Crippen LogP contribution in [0, 0.1) is 5.41 Å². The van der Waals surface area contributed by atoms with Crippen molar-refractivity contribution in [1.82, 2.24) is 5.06 Å². The third kappa shape index (κ3) is 10.8. The molecule has 0 unspecified atom stereocenters. The third-order valence-electron chi connectivity index (χ3n) is 7.89. The van der Waals surface area contributed by atoms with Gasteiger partial charge in [-0.3, -0.25) is 4.79 Å². The van der Waals surface area contributed by atoms with Crippen LogP contribution in [-0.2, 0) is 22.3 Å². The third-order valence-corrected chi connectivity index (χ3v) is 8.51. The smallest absolute Gasteiger partial charge is 0.235 e. The first-order chi connectivity index (χ1) is 22.1. The minimum Gasteiger partial charge on any atom is -0.487 e. The summed E-state index contributed by atoms with van der Waals surface area (Å²) in [5.74, 6) is 0.771. The number of carbonyl (C=O) groups excluding carboxylic acids is 1. The molecule has 3 N–H and O–H groups in total. The van der Waals surface area contributed by atoms with E-state index in [0.717, 1.165) is 35.3 Å². The molecule has 4 aromatic carbocycles. The van der Waals surface area contributed by atoms with Gasteiger partial charge in [0.25, 0.3) is 0 Å². The van der Waals surface area contributed by atoms with Crippen LogP contribution in [0.25, 0.3) is 0 Å². The summed E-state index contributed by atoms with van der Waals surface area (Å²) in [5, 5.41) is 18.8. The highest BCUT2D eigenvalue weighted by Crippen LogP contribution is 2.39. The van der Waals surface area contributed by atoms with E-state index in [1.54, 1.807) is 0 Å². The van der Waals surface area contributed by atoms with Gasteiger partial charge in [0.05, 0.1) is 11.8 Å². The summed E-state index contributed by atoms with van der Waals surface area (Å²) in [6.07, 6.45) is 0.971. The molecule has 0 heterocycles. The lowest BCUT2D eigenvalue weighted by atomic mass is 9.76. The lowest BCUT2D eigenvalue weighted by molar-refractivity contribution is -0.105. The molecule has 0 saturated heterocycles. The van der Waals surface area contributed by atoms with Crippen LogP contribution in [0.15, 0.2) is 103 Å². The largest absolute Gasteiger partial charge is 0.487 e. The normalized spacial score (nSPS) is 13.0. The number of aliphatic hydroxyl groups excluding tert-OH is 1. The fourth-order valence-electron chi connectivity index (χ4n) is 5.37. The molecule has 0 aromatic heterocycles. The second-order valence-corrected chi connectivity index (χ2v) is 14.9. The average Bonchev–Trinajstić information content (AvgIpc) is 3.05. The molecule has 0 aliphatic carbocycles. The van der Waals surface area contributed by atoms with E-state index in [-0.39, 0.29) is 11.3 Å². The van der Waals surface area contributed by atoms with E-state index in [1.807, 2.05) is 72.8 Å². The van der Waals surface area contributed by atoms with Gasteiger partial charge >= 0.3 is 0 Å². The number of hydrogen-bond acceptors (Lipinski definition) is 6. The zero-order chi connectivity index (χ0) is 32.9. The van der Waals surface area contributed by atoms with Crippen LogP contribution in [0.5, 0.6) is 5.75 Å². The molecule has 4 rings (SSSR count). The number of ether oxygens (including phenoxy) is 1. The lowest BCUT2D eigenvalue weighted by Gasteiger charge is -2.36. The van der Waals surface area contributed by atoms with Crippen molar-refractivity contribution in [2.45, 2.75) is 58.9 Å². The van der Waals surface area contributed by atoms with Crippen molar-refractivity contribution in [3.8, 4) is 5.75 Å². The van der Waals surface area contributed by atoms with Gasteiger partial charge in [0.15, 0.2) is 0 Å². The molecule has 7 nitrogen and oxygen atoms in total. The Labute approximate surface area is 276 Å². The number of amides is 1. The topological polar surface area (TPSA) is 83.1 Å². The van der Waals surface area contributed by atoms with Crippen LogP contribution in [0.3, 0.4) is 0 Å². The summed E-state index contributed by atoms with van der Waals surface area (Å²) in [5.41, 5.74) is 5.86. The molecule has 1 amide bonds. The summed E-state index contributed by atoms with van der Waals surface area (Å²) >= 11 is 0. The molecule has 46 heavy (non-hydrogen) atoms. The number of anilines is 2. The van der Waals surface area contributed by atoms with Crippen molar-refractivity contribution in [3.63, 3.8) is 0 Å². The summed E-state index contributed by atoms with van der Waals surface area (Å²) < 4.78 is 12.5. The van der Waals surface area contributed by atoms with E-state index < -0.39 is 15.1 Å². The zero-order valence-corrected chi connectivity index (χ0v) is 28.7. The Bertz CT molecular complexity index is 1480. The lowest BCUT2D eigenvalue weighted by Crippen LogP contribution is -2.38. The predicted molar refractivity (Wildman–Crippen MR) is 189 cm³/mol. The monoisotopic (exact) mass is 638 g/mol. The number of aliphatic hydroxyl groups is 1. The molecular weight excluding hydrogens is 591 g/mol. The Morgan fingerprint density at radius 2 is 1.54 bits per heavy atom. The summed E-state index contributed by atoms with van der Waals surface area (Å²) in [7, 11) is -0.996. The Hall–Kier alpha value is -3.95. The highest BCUT2D eigenvalue weighted by molar-refractivity contribution is 6.48. The molecule has 0 saturated carbocycles. The second kappa shape index (κ2) is 17.1.